The molecule has 0 bridgehead atoms. The normalized spacial score (nSPS) is 11.0. The van der Waals surface area contributed by atoms with Gasteiger partial charge in [0.25, 0.3) is 0 Å². The molecular formula is C22H19N7. The molecule has 29 heavy (non-hydrogen) atoms. The monoisotopic (exact) mass is 381 g/mol. The zero-order valence-corrected chi connectivity index (χ0v) is 15.7. The van der Waals surface area contributed by atoms with Crippen LogP contribution < -0.4 is 5.32 Å². The minimum atomic E-state index is 0.680. The van der Waals surface area contributed by atoms with E-state index in [1.807, 2.05) is 55.0 Å². The Hall–Kier alpha value is -4.00. The second-order valence-corrected chi connectivity index (χ2v) is 6.79. The second kappa shape index (κ2) is 7.55. The molecule has 0 radical (unpaired) electrons. The summed E-state index contributed by atoms with van der Waals surface area (Å²) in [6.07, 6.45) is 5.59. The van der Waals surface area contributed by atoms with E-state index in [0.29, 0.717) is 6.54 Å². The van der Waals surface area contributed by atoms with Gasteiger partial charge in [-0.05, 0) is 23.3 Å². The minimum Gasteiger partial charge on any atom is -0.365 e. The van der Waals surface area contributed by atoms with Gasteiger partial charge in [0.15, 0.2) is 11.5 Å². The second-order valence-electron chi connectivity index (χ2n) is 6.79. The molecule has 0 atom stereocenters. The zero-order valence-electron chi connectivity index (χ0n) is 15.7. The highest BCUT2D eigenvalue weighted by atomic mass is 15.4. The fourth-order valence-electron chi connectivity index (χ4n) is 3.27. The first-order valence-electron chi connectivity index (χ1n) is 9.40. The third-order valence-electron chi connectivity index (χ3n) is 4.68. The average Bonchev–Trinajstić information content (AvgIpc) is 3.43. The van der Waals surface area contributed by atoms with E-state index in [2.05, 4.69) is 54.4 Å². The standard InChI is InChI=1S/C22H19N7/c1-2-7-19(8-3-1)22-26-25-21-10-9-20(27-29(21)22)24-14-17-5-4-6-18(13-17)15-28-12-11-23-16-28/h1-13,16H,14-15H2,(H,24,27). The van der Waals surface area contributed by atoms with Crippen molar-refractivity contribution >= 4 is 11.5 Å². The maximum Gasteiger partial charge on any atom is 0.185 e. The Morgan fingerprint density at radius 2 is 1.76 bits per heavy atom. The van der Waals surface area contributed by atoms with Crippen molar-refractivity contribution in [3.05, 3.63) is 96.6 Å². The summed E-state index contributed by atoms with van der Waals surface area (Å²) in [6, 6.07) is 22.3. The Bertz CT molecular complexity index is 1230. The number of nitrogens with one attached hydrogen (secondary N) is 1. The van der Waals surface area contributed by atoms with Crippen LogP contribution in [0.2, 0.25) is 0 Å². The number of anilines is 1. The summed E-state index contributed by atoms with van der Waals surface area (Å²) in [5.74, 6) is 1.50. The van der Waals surface area contributed by atoms with E-state index < -0.39 is 0 Å². The van der Waals surface area contributed by atoms with Gasteiger partial charge in [0.05, 0.1) is 6.33 Å². The summed E-state index contributed by atoms with van der Waals surface area (Å²) in [7, 11) is 0. The van der Waals surface area contributed by atoms with Crippen LogP contribution in [0.1, 0.15) is 11.1 Å². The van der Waals surface area contributed by atoms with Gasteiger partial charge < -0.3 is 9.88 Å². The molecule has 5 aromatic rings. The molecule has 142 valence electrons. The first kappa shape index (κ1) is 17.1. The van der Waals surface area contributed by atoms with Gasteiger partial charge >= 0.3 is 0 Å². The number of rotatable bonds is 6. The van der Waals surface area contributed by atoms with E-state index in [0.717, 1.165) is 29.4 Å². The molecule has 1 N–H and O–H groups in total. The SMILES string of the molecule is c1ccc(-c2nnc3ccc(NCc4cccc(Cn5ccnc5)c4)nn23)cc1. The smallest absolute Gasteiger partial charge is 0.185 e. The van der Waals surface area contributed by atoms with E-state index in [1.54, 1.807) is 10.7 Å². The van der Waals surface area contributed by atoms with Crippen LogP contribution in [0.25, 0.3) is 17.0 Å². The highest BCUT2D eigenvalue weighted by Gasteiger charge is 2.09. The molecule has 0 amide bonds. The highest BCUT2D eigenvalue weighted by molar-refractivity contribution is 5.59. The van der Waals surface area contributed by atoms with Crippen molar-refractivity contribution in [2.24, 2.45) is 0 Å². The molecule has 0 unspecified atom stereocenters. The van der Waals surface area contributed by atoms with Crippen molar-refractivity contribution in [1.82, 2.24) is 29.4 Å². The number of benzene rings is 2. The molecule has 2 aromatic carbocycles. The van der Waals surface area contributed by atoms with E-state index in [-0.39, 0.29) is 0 Å². The Morgan fingerprint density at radius 3 is 2.62 bits per heavy atom. The summed E-state index contributed by atoms with van der Waals surface area (Å²) >= 11 is 0. The lowest BCUT2D eigenvalue weighted by Gasteiger charge is -2.09. The first-order chi connectivity index (χ1) is 14.3. The summed E-state index contributed by atoms with van der Waals surface area (Å²) in [5.41, 5.74) is 4.13. The minimum absolute atomic E-state index is 0.680. The number of nitrogens with zero attached hydrogens (tertiary/aromatic N) is 6. The van der Waals surface area contributed by atoms with Gasteiger partial charge in [0.2, 0.25) is 0 Å². The fraction of sp³-hybridized carbons (Fsp3) is 0.0909. The van der Waals surface area contributed by atoms with Crippen molar-refractivity contribution < 1.29 is 0 Å². The first-order valence-corrected chi connectivity index (χ1v) is 9.40. The lowest BCUT2D eigenvalue weighted by atomic mass is 10.1. The van der Waals surface area contributed by atoms with E-state index in [9.17, 15) is 0 Å². The Balaban J connectivity index is 1.34. The Morgan fingerprint density at radius 1 is 0.862 bits per heavy atom. The quantitative estimate of drug-likeness (QED) is 0.486. The average molecular weight is 381 g/mol. The number of hydrogen-bond donors (Lipinski definition) is 1. The van der Waals surface area contributed by atoms with Gasteiger partial charge in [-0.15, -0.1) is 15.3 Å². The van der Waals surface area contributed by atoms with Gasteiger partial charge in [-0.2, -0.15) is 4.52 Å². The van der Waals surface area contributed by atoms with E-state index in [4.69, 9.17) is 0 Å². The van der Waals surface area contributed by atoms with Crippen molar-refractivity contribution in [1.29, 1.82) is 0 Å². The molecule has 5 rings (SSSR count). The van der Waals surface area contributed by atoms with E-state index in [1.165, 1.54) is 11.1 Å². The van der Waals surface area contributed by atoms with Crippen LogP contribution >= 0.6 is 0 Å². The third-order valence-corrected chi connectivity index (χ3v) is 4.68. The Labute approximate surface area is 167 Å². The molecule has 7 heteroatoms. The number of hydrogen-bond acceptors (Lipinski definition) is 5. The molecule has 3 aromatic heterocycles. The van der Waals surface area contributed by atoms with Crippen LogP contribution in [0.3, 0.4) is 0 Å². The summed E-state index contributed by atoms with van der Waals surface area (Å²) < 4.78 is 3.83. The third kappa shape index (κ3) is 3.70. The van der Waals surface area contributed by atoms with Crippen LogP contribution in [-0.2, 0) is 13.1 Å². The van der Waals surface area contributed by atoms with Gasteiger partial charge in [0, 0.05) is 31.0 Å². The predicted molar refractivity (Wildman–Crippen MR) is 111 cm³/mol. The topological polar surface area (TPSA) is 72.9 Å². The molecule has 0 spiro atoms. The maximum atomic E-state index is 4.68. The molecule has 0 saturated heterocycles. The van der Waals surface area contributed by atoms with Gasteiger partial charge in [-0.25, -0.2) is 4.98 Å². The van der Waals surface area contributed by atoms with Crippen molar-refractivity contribution in [3.63, 3.8) is 0 Å². The van der Waals surface area contributed by atoms with Crippen molar-refractivity contribution in [2.45, 2.75) is 13.1 Å². The molecule has 7 nitrogen and oxygen atoms in total. The van der Waals surface area contributed by atoms with Crippen LogP contribution in [0.4, 0.5) is 5.82 Å². The zero-order chi connectivity index (χ0) is 19.5. The molecule has 3 heterocycles. The van der Waals surface area contributed by atoms with Crippen LogP contribution in [-0.4, -0.2) is 29.4 Å². The van der Waals surface area contributed by atoms with Gasteiger partial charge in [-0.1, -0.05) is 54.6 Å². The highest BCUT2D eigenvalue weighted by Crippen LogP contribution is 2.18. The molecule has 0 aliphatic carbocycles. The molecular weight excluding hydrogens is 362 g/mol. The predicted octanol–water partition coefficient (Wildman–Crippen LogP) is 3.65. The summed E-state index contributed by atoms with van der Waals surface area (Å²) in [4.78, 5) is 4.10. The number of fused-ring (bicyclic) bond motifs is 1. The molecule has 0 saturated carbocycles. The lowest BCUT2D eigenvalue weighted by Crippen LogP contribution is -2.05. The lowest BCUT2D eigenvalue weighted by molar-refractivity contribution is 0.795. The number of aromatic nitrogens is 6. The Kier molecular flexibility index (Phi) is 4.46. The van der Waals surface area contributed by atoms with Crippen LogP contribution in [0, 0.1) is 0 Å². The van der Waals surface area contributed by atoms with Gasteiger partial charge in [0.1, 0.15) is 5.82 Å². The largest absolute Gasteiger partial charge is 0.365 e. The maximum absolute atomic E-state index is 4.68. The van der Waals surface area contributed by atoms with Crippen molar-refractivity contribution in [2.75, 3.05) is 5.32 Å². The van der Waals surface area contributed by atoms with Crippen LogP contribution in [0.15, 0.2) is 85.5 Å². The molecule has 0 fully saturated rings. The van der Waals surface area contributed by atoms with Crippen LogP contribution in [0.5, 0.6) is 0 Å². The molecule has 0 aliphatic heterocycles. The van der Waals surface area contributed by atoms with E-state index >= 15 is 0 Å². The summed E-state index contributed by atoms with van der Waals surface area (Å²) in [6.45, 7) is 1.48. The number of imidazole rings is 1. The molecule has 0 aliphatic rings. The summed E-state index contributed by atoms with van der Waals surface area (Å²) in [5, 5.41) is 16.6. The van der Waals surface area contributed by atoms with Crippen molar-refractivity contribution in [3.8, 4) is 11.4 Å². The fourth-order valence-corrected chi connectivity index (χ4v) is 3.27. The van der Waals surface area contributed by atoms with Gasteiger partial charge in [-0.3, -0.25) is 0 Å².